The molecule has 0 aliphatic rings. The minimum absolute atomic E-state index is 0.626. The highest BCUT2D eigenvalue weighted by molar-refractivity contribution is 6.35. The molecule has 0 aliphatic heterocycles. The average molecular weight is 256 g/mol. The summed E-state index contributed by atoms with van der Waals surface area (Å²) in [6, 6.07) is 7.28. The maximum absolute atomic E-state index is 6.02. The molecule has 0 amide bonds. The first-order valence-electron chi connectivity index (χ1n) is 4.82. The molecule has 1 aromatic heterocycles. The van der Waals surface area contributed by atoms with E-state index < -0.39 is 0 Å². The average Bonchev–Trinajstić information content (AvgIpc) is 2.66. The van der Waals surface area contributed by atoms with Gasteiger partial charge in [0.2, 0.25) is 0 Å². The minimum Gasteiger partial charge on any atom is -0.378 e. The van der Waals surface area contributed by atoms with Crippen molar-refractivity contribution in [2.45, 2.75) is 6.54 Å². The SMILES string of the molecule is Cn1ccc(CNc2cc(Cl)ccc2Cl)n1. The maximum atomic E-state index is 6.02. The van der Waals surface area contributed by atoms with Crippen molar-refractivity contribution >= 4 is 28.9 Å². The minimum atomic E-state index is 0.626. The molecule has 0 saturated heterocycles. The summed E-state index contributed by atoms with van der Waals surface area (Å²) in [5, 5.41) is 8.76. The van der Waals surface area contributed by atoms with E-state index in [-0.39, 0.29) is 0 Å². The second-order valence-electron chi connectivity index (χ2n) is 3.46. The van der Waals surface area contributed by atoms with Gasteiger partial charge in [0, 0.05) is 18.3 Å². The Hall–Kier alpha value is -1.19. The molecule has 0 unspecified atom stereocenters. The van der Waals surface area contributed by atoms with Crippen LogP contribution in [0.5, 0.6) is 0 Å². The van der Waals surface area contributed by atoms with Crippen LogP contribution in [0.4, 0.5) is 5.69 Å². The van der Waals surface area contributed by atoms with Gasteiger partial charge in [-0.25, -0.2) is 0 Å². The third-order valence-corrected chi connectivity index (χ3v) is 2.72. The third-order valence-electron chi connectivity index (χ3n) is 2.16. The van der Waals surface area contributed by atoms with E-state index in [1.807, 2.05) is 19.3 Å². The Morgan fingerprint density at radius 2 is 2.12 bits per heavy atom. The molecule has 1 N–H and O–H groups in total. The van der Waals surface area contributed by atoms with Crippen LogP contribution in [0.3, 0.4) is 0 Å². The normalized spacial score (nSPS) is 10.4. The summed E-state index contributed by atoms with van der Waals surface area (Å²) in [7, 11) is 1.88. The van der Waals surface area contributed by atoms with Gasteiger partial charge in [0.25, 0.3) is 0 Å². The molecule has 2 aromatic rings. The Balaban J connectivity index is 2.07. The number of nitrogens with zero attached hydrogens (tertiary/aromatic N) is 2. The number of hydrogen-bond acceptors (Lipinski definition) is 2. The highest BCUT2D eigenvalue weighted by Gasteiger charge is 2.02. The fourth-order valence-corrected chi connectivity index (χ4v) is 1.73. The molecule has 2 rings (SSSR count). The standard InChI is InChI=1S/C11H11Cl2N3/c1-16-5-4-9(15-16)7-14-11-6-8(12)2-3-10(11)13/h2-6,14H,7H2,1H3. The zero-order chi connectivity index (χ0) is 11.5. The summed E-state index contributed by atoms with van der Waals surface area (Å²) < 4.78 is 1.76. The number of anilines is 1. The zero-order valence-corrected chi connectivity index (χ0v) is 10.3. The number of halogens is 2. The van der Waals surface area contributed by atoms with Gasteiger partial charge >= 0.3 is 0 Å². The van der Waals surface area contributed by atoms with Crippen molar-refractivity contribution in [3.05, 3.63) is 46.2 Å². The fraction of sp³-hybridized carbons (Fsp3) is 0.182. The zero-order valence-electron chi connectivity index (χ0n) is 8.74. The van der Waals surface area contributed by atoms with Gasteiger partial charge in [-0.2, -0.15) is 5.10 Å². The molecular formula is C11H11Cl2N3. The lowest BCUT2D eigenvalue weighted by Crippen LogP contribution is -2.01. The molecule has 0 radical (unpaired) electrons. The fourth-order valence-electron chi connectivity index (χ4n) is 1.38. The summed E-state index contributed by atoms with van der Waals surface area (Å²) in [5.74, 6) is 0. The second-order valence-corrected chi connectivity index (χ2v) is 4.30. The lowest BCUT2D eigenvalue weighted by Gasteiger charge is -2.06. The highest BCUT2D eigenvalue weighted by atomic mass is 35.5. The van der Waals surface area contributed by atoms with Gasteiger partial charge in [-0.05, 0) is 24.3 Å². The second kappa shape index (κ2) is 4.76. The first-order chi connectivity index (χ1) is 7.65. The molecule has 84 valence electrons. The largest absolute Gasteiger partial charge is 0.378 e. The number of rotatable bonds is 3. The monoisotopic (exact) mass is 255 g/mol. The quantitative estimate of drug-likeness (QED) is 0.912. The van der Waals surface area contributed by atoms with E-state index >= 15 is 0 Å². The van der Waals surface area contributed by atoms with Crippen molar-refractivity contribution in [3.8, 4) is 0 Å². The van der Waals surface area contributed by atoms with Crippen LogP contribution in [-0.2, 0) is 13.6 Å². The van der Waals surface area contributed by atoms with Crippen molar-refractivity contribution in [2.24, 2.45) is 7.05 Å². The molecule has 0 aliphatic carbocycles. The van der Waals surface area contributed by atoms with Crippen molar-refractivity contribution in [2.75, 3.05) is 5.32 Å². The van der Waals surface area contributed by atoms with E-state index in [1.165, 1.54) is 0 Å². The van der Waals surface area contributed by atoms with Gasteiger partial charge in [0.05, 0.1) is 22.9 Å². The van der Waals surface area contributed by atoms with Crippen LogP contribution >= 0.6 is 23.2 Å². The highest BCUT2D eigenvalue weighted by Crippen LogP contribution is 2.25. The maximum Gasteiger partial charge on any atom is 0.0815 e. The molecule has 1 heterocycles. The van der Waals surface area contributed by atoms with E-state index in [0.717, 1.165) is 11.4 Å². The molecule has 1 aromatic carbocycles. The molecule has 0 saturated carbocycles. The van der Waals surface area contributed by atoms with E-state index in [0.29, 0.717) is 16.6 Å². The van der Waals surface area contributed by atoms with E-state index in [1.54, 1.807) is 22.9 Å². The van der Waals surface area contributed by atoms with E-state index in [4.69, 9.17) is 23.2 Å². The van der Waals surface area contributed by atoms with Crippen LogP contribution in [-0.4, -0.2) is 9.78 Å². The summed E-state index contributed by atoms with van der Waals surface area (Å²) in [6.45, 7) is 0.626. The molecule has 0 atom stereocenters. The molecule has 16 heavy (non-hydrogen) atoms. The molecule has 5 heteroatoms. The van der Waals surface area contributed by atoms with Crippen molar-refractivity contribution in [1.29, 1.82) is 0 Å². The lowest BCUT2D eigenvalue weighted by atomic mass is 10.3. The Bertz CT molecular complexity index is 494. The van der Waals surface area contributed by atoms with Crippen LogP contribution in [0.15, 0.2) is 30.5 Å². The molecule has 0 spiro atoms. The van der Waals surface area contributed by atoms with E-state index in [2.05, 4.69) is 10.4 Å². The van der Waals surface area contributed by atoms with Crippen LogP contribution in [0.1, 0.15) is 5.69 Å². The number of nitrogens with one attached hydrogen (secondary N) is 1. The van der Waals surface area contributed by atoms with Crippen LogP contribution < -0.4 is 5.32 Å². The smallest absolute Gasteiger partial charge is 0.0815 e. The summed E-state index contributed by atoms with van der Waals surface area (Å²) in [6.07, 6.45) is 1.90. The number of aromatic nitrogens is 2. The number of hydrogen-bond donors (Lipinski definition) is 1. The van der Waals surface area contributed by atoms with E-state index in [9.17, 15) is 0 Å². The summed E-state index contributed by atoms with van der Waals surface area (Å²) >= 11 is 11.9. The Morgan fingerprint density at radius 1 is 1.31 bits per heavy atom. The summed E-state index contributed by atoms with van der Waals surface area (Å²) in [4.78, 5) is 0. The third kappa shape index (κ3) is 2.68. The molecule has 3 nitrogen and oxygen atoms in total. The van der Waals surface area contributed by atoms with Gasteiger partial charge in [-0.3, -0.25) is 4.68 Å². The van der Waals surface area contributed by atoms with Crippen LogP contribution in [0.2, 0.25) is 10.0 Å². The number of benzene rings is 1. The predicted octanol–water partition coefficient (Wildman–Crippen LogP) is 3.34. The van der Waals surface area contributed by atoms with Gasteiger partial charge in [-0.1, -0.05) is 23.2 Å². The Kier molecular flexibility index (Phi) is 3.36. The first-order valence-corrected chi connectivity index (χ1v) is 5.58. The first kappa shape index (κ1) is 11.3. The molecule has 0 fully saturated rings. The Morgan fingerprint density at radius 3 is 2.81 bits per heavy atom. The van der Waals surface area contributed by atoms with Gasteiger partial charge in [0.1, 0.15) is 0 Å². The van der Waals surface area contributed by atoms with Crippen molar-refractivity contribution in [1.82, 2.24) is 9.78 Å². The van der Waals surface area contributed by atoms with Gasteiger partial charge < -0.3 is 5.32 Å². The van der Waals surface area contributed by atoms with Crippen LogP contribution in [0, 0.1) is 0 Å². The van der Waals surface area contributed by atoms with Gasteiger partial charge in [-0.15, -0.1) is 0 Å². The number of aryl methyl sites for hydroxylation is 1. The van der Waals surface area contributed by atoms with Gasteiger partial charge in [0.15, 0.2) is 0 Å². The van der Waals surface area contributed by atoms with Crippen LogP contribution in [0.25, 0.3) is 0 Å². The topological polar surface area (TPSA) is 29.9 Å². The lowest BCUT2D eigenvalue weighted by molar-refractivity contribution is 0.747. The van der Waals surface area contributed by atoms with Crippen molar-refractivity contribution < 1.29 is 0 Å². The predicted molar refractivity (Wildman–Crippen MR) is 67.0 cm³/mol. The van der Waals surface area contributed by atoms with Crippen molar-refractivity contribution in [3.63, 3.8) is 0 Å². The Labute approximate surface area is 104 Å². The summed E-state index contributed by atoms with van der Waals surface area (Å²) in [5.41, 5.74) is 1.78. The molecular weight excluding hydrogens is 245 g/mol. The molecule has 0 bridgehead atoms.